The molecule has 1 fully saturated rings. The number of aryl methyl sites for hydroxylation is 1. The highest BCUT2D eigenvalue weighted by Gasteiger charge is 2.35. The van der Waals surface area contributed by atoms with Crippen LogP contribution in [0.4, 0.5) is 0 Å². The molecule has 0 unspecified atom stereocenters. The van der Waals surface area contributed by atoms with Gasteiger partial charge in [-0.1, -0.05) is 24.3 Å². The first kappa shape index (κ1) is 15.2. The number of tetrazole rings is 1. The second kappa shape index (κ2) is 6.16. The van der Waals surface area contributed by atoms with Crippen molar-refractivity contribution >= 4 is 5.91 Å². The van der Waals surface area contributed by atoms with Gasteiger partial charge in [0.1, 0.15) is 12.1 Å². The minimum Gasteiger partial charge on any atom is -0.336 e. The van der Waals surface area contributed by atoms with Crippen molar-refractivity contribution in [1.29, 1.82) is 5.26 Å². The van der Waals surface area contributed by atoms with Gasteiger partial charge in [0.2, 0.25) is 11.7 Å². The van der Waals surface area contributed by atoms with Crippen molar-refractivity contribution in [3.63, 3.8) is 0 Å². The Morgan fingerprint density at radius 2 is 2.13 bits per heavy atom. The Morgan fingerprint density at radius 1 is 1.39 bits per heavy atom. The van der Waals surface area contributed by atoms with Crippen molar-refractivity contribution in [1.82, 2.24) is 25.5 Å². The zero-order chi connectivity index (χ0) is 16.3. The molecule has 0 aliphatic heterocycles. The van der Waals surface area contributed by atoms with Gasteiger partial charge in [0.15, 0.2) is 0 Å². The molecule has 0 atom stereocenters. The van der Waals surface area contributed by atoms with Crippen molar-refractivity contribution in [2.24, 2.45) is 0 Å². The van der Waals surface area contributed by atoms with Crippen LogP contribution in [0.5, 0.6) is 0 Å². The highest BCUT2D eigenvalue weighted by Crippen LogP contribution is 2.28. The lowest BCUT2D eigenvalue weighted by Crippen LogP contribution is -2.46. The number of benzene rings is 1. The van der Waals surface area contributed by atoms with Crippen LogP contribution in [-0.4, -0.2) is 31.7 Å². The predicted molar refractivity (Wildman–Crippen MR) is 82.9 cm³/mol. The van der Waals surface area contributed by atoms with Crippen LogP contribution < -0.4 is 5.32 Å². The standard InChI is InChI=1S/C16H18N6O/c1-12-6-2-3-7-13(12)15-19-21-22(20-15)10-14(23)18-16(11-17)8-4-5-9-16/h2-3,6-7H,4-5,8-10H2,1H3,(H,18,23). The second-order valence-corrected chi connectivity index (χ2v) is 5.91. The third-order valence-corrected chi connectivity index (χ3v) is 4.17. The fraction of sp³-hybridized carbons (Fsp3) is 0.438. The predicted octanol–water partition coefficient (Wildman–Crippen LogP) is 1.60. The molecule has 7 nitrogen and oxygen atoms in total. The van der Waals surface area contributed by atoms with E-state index in [0.29, 0.717) is 18.7 Å². The molecule has 1 aromatic heterocycles. The van der Waals surface area contributed by atoms with E-state index >= 15 is 0 Å². The van der Waals surface area contributed by atoms with Crippen molar-refractivity contribution in [2.45, 2.75) is 44.7 Å². The number of aromatic nitrogens is 4. The molecular formula is C16H18N6O. The quantitative estimate of drug-likeness (QED) is 0.925. The van der Waals surface area contributed by atoms with Gasteiger partial charge >= 0.3 is 0 Å². The molecule has 23 heavy (non-hydrogen) atoms. The summed E-state index contributed by atoms with van der Waals surface area (Å²) in [6.45, 7) is 1.93. The summed E-state index contributed by atoms with van der Waals surface area (Å²) in [5.41, 5.74) is 1.21. The molecule has 1 aliphatic carbocycles. The van der Waals surface area contributed by atoms with Crippen molar-refractivity contribution in [3.05, 3.63) is 29.8 Å². The van der Waals surface area contributed by atoms with Gasteiger partial charge in [0.25, 0.3) is 0 Å². The molecule has 1 heterocycles. The van der Waals surface area contributed by atoms with Crippen molar-refractivity contribution in [3.8, 4) is 17.5 Å². The fourth-order valence-electron chi connectivity index (χ4n) is 2.92. The van der Waals surface area contributed by atoms with E-state index in [0.717, 1.165) is 24.0 Å². The molecular weight excluding hydrogens is 292 g/mol. The van der Waals surface area contributed by atoms with Crippen molar-refractivity contribution < 1.29 is 4.79 Å². The second-order valence-electron chi connectivity index (χ2n) is 5.91. The minimum atomic E-state index is -0.726. The van der Waals surface area contributed by atoms with E-state index in [1.54, 1.807) is 0 Å². The topological polar surface area (TPSA) is 96.5 Å². The van der Waals surface area contributed by atoms with E-state index in [1.807, 2.05) is 31.2 Å². The molecule has 118 valence electrons. The maximum atomic E-state index is 12.2. The molecule has 0 spiro atoms. The molecule has 1 aliphatic rings. The number of nitrogens with zero attached hydrogens (tertiary/aromatic N) is 5. The van der Waals surface area contributed by atoms with Gasteiger partial charge in [-0.05, 0) is 43.4 Å². The lowest BCUT2D eigenvalue weighted by atomic mass is 10.00. The first-order valence-corrected chi connectivity index (χ1v) is 7.68. The molecule has 1 saturated carbocycles. The van der Waals surface area contributed by atoms with Gasteiger partial charge in [-0.15, -0.1) is 10.2 Å². The summed E-state index contributed by atoms with van der Waals surface area (Å²) < 4.78 is 0. The van der Waals surface area contributed by atoms with E-state index in [4.69, 9.17) is 0 Å². The lowest BCUT2D eigenvalue weighted by Gasteiger charge is -2.21. The van der Waals surface area contributed by atoms with Crippen LogP contribution in [0.3, 0.4) is 0 Å². The van der Waals surface area contributed by atoms with Crippen LogP contribution in [0.15, 0.2) is 24.3 Å². The summed E-state index contributed by atoms with van der Waals surface area (Å²) in [5, 5.41) is 24.3. The summed E-state index contributed by atoms with van der Waals surface area (Å²) in [4.78, 5) is 13.4. The van der Waals surface area contributed by atoms with Crippen molar-refractivity contribution in [2.75, 3.05) is 0 Å². The van der Waals surface area contributed by atoms with E-state index < -0.39 is 5.54 Å². The first-order valence-electron chi connectivity index (χ1n) is 7.68. The average Bonchev–Trinajstić information content (AvgIpc) is 3.18. The number of nitriles is 1. The normalized spacial score (nSPS) is 16.0. The number of amides is 1. The monoisotopic (exact) mass is 310 g/mol. The van der Waals surface area contributed by atoms with E-state index in [-0.39, 0.29) is 12.5 Å². The van der Waals surface area contributed by atoms with Gasteiger partial charge in [-0.25, -0.2) is 0 Å². The molecule has 2 aromatic rings. The summed E-state index contributed by atoms with van der Waals surface area (Å²) in [7, 11) is 0. The maximum absolute atomic E-state index is 12.2. The van der Waals surface area contributed by atoms with Crippen LogP contribution >= 0.6 is 0 Å². The molecule has 0 saturated heterocycles. The largest absolute Gasteiger partial charge is 0.336 e. The van der Waals surface area contributed by atoms with E-state index in [1.165, 1.54) is 4.80 Å². The maximum Gasteiger partial charge on any atom is 0.244 e. The Labute approximate surface area is 134 Å². The summed E-state index contributed by atoms with van der Waals surface area (Å²) in [6, 6.07) is 9.98. The zero-order valence-corrected chi connectivity index (χ0v) is 13.0. The summed E-state index contributed by atoms with van der Waals surface area (Å²) in [6.07, 6.45) is 3.34. The summed E-state index contributed by atoms with van der Waals surface area (Å²) in [5.74, 6) is 0.231. The molecule has 3 rings (SSSR count). The minimum absolute atomic E-state index is 0.0394. The number of hydrogen-bond donors (Lipinski definition) is 1. The highest BCUT2D eigenvalue weighted by molar-refractivity contribution is 5.77. The SMILES string of the molecule is Cc1ccccc1-c1nnn(CC(=O)NC2(C#N)CCCC2)n1. The van der Waals surface area contributed by atoms with Crippen LogP contribution in [0.2, 0.25) is 0 Å². The molecule has 1 aromatic carbocycles. The molecule has 1 N–H and O–H groups in total. The highest BCUT2D eigenvalue weighted by atomic mass is 16.2. The van der Waals surface area contributed by atoms with Gasteiger partial charge in [0, 0.05) is 5.56 Å². The smallest absolute Gasteiger partial charge is 0.244 e. The zero-order valence-electron chi connectivity index (χ0n) is 13.0. The van der Waals surface area contributed by atoms with Crippen LogP contribution in [0, 0.1) is 18.3 Å². The van der Waals surface area contributed by atoms with E-state index in [9.17, 15) is 10.1 Å². The number of hydrogen-bond acceptors (Lipinski definition) is 5. The van der Waals surface area contributed by atoms with Gasteiger partial charge in [0.05, 0.1) is 6.07 Å². The Morgan fingerprint density at radius 3 is 2.83 bits per heavy atom. The van der Waals surface area contributed by atoms with Crippen LogP contribution in [-0.2, 0) is 11.3 Å². The molecule has 7 heteroatoms. The third-order valence-electron chi connectivity index (χ3n) is 4.17. The first-order chi connectivity index (χ1) is 11.1. The molecule has 0 bridgehead atoms. The lowest BCUT2D eigenvalue weighted by molar-refractivity contribution is -0.123. The van der Waals surface area contributed by atoms with Crippen LogP contribution in [0.1, 0.15) is 31.2 Å². The number of nitrogens with one attached hydrogen (secondary N) is 1. The average molecular weight is 310 g/mol. The Bertz CT molecular complexity index is 754. The third kappa shape index (κ3) is 3.21. The summed E-state index contributed by atoms with van der Waals surface area (Å²) >= 11 is 0. The van der Waals surface area contributed by atoms with Gasteiger partial charge in [-0.2, -0.15) is 10.1 Å². The van der Waals surface area contributed by atoms with Gasteiger partial charge < -0.3 is 5.32 Å². The Hall–Kier alpha value is -2.75. The fourth-order valence-corrected chi connectivity index (χ4v) is 2.92. The van der Waals surface area contributed by atoms with Gasteiger partial charge in [-0.3, -0.25) is 4.79 Å². The number of carbonyl (C=O) groups is 1. The Balaban J connectivity index is 1.69. The molecule has 1 amide bonds. The Kier molecular flexibility index (Phi) is 4.06. The molecule has 0 radical (unpaired) electrons. The number of carbonyl (C=O) groups excluding carboxylic acids is 1. The van der Waals surface area contributed by atoms with E-state index in [2.05, 4.69) is 26.8 Å². The number of rotatable bonds is 4. The van der Waals surface area contributed by atoms with Crippen LogP contribution in [0.25, 0.3) is 11.4 Å².